The molecule has 0 bridgehead atoms. The van der Waals surface area contributed by atoms with E-state index in [1.807, 2.05) is 24.4 Å². The van der Waals surface area contributed by atoms with Gasteiger partial charge in [0.1, 0.15) is 0 Å². The first-order valence-corrected chi connectivity index (χ1v) is 7.68. The van der Waals surface area contributed by atoms with Gasteiger partial charge >= 0.3 is 0 Å². The summed E-state index contributed by atoms with van der Waals surface area (Å²) in [6, 6.07) is 8.06. The fourth-order valence-corrected chi connectivity index (χ4v) is 2.33. The van der Waals surface area contributed by atoms with Crippen LogP contribution in [0.1, 0.15) is 12.0 Å². The lowest BCUT2D eigenvalue weighted by atomic mass is 10.2. The van der Waals surface area contributed by atoms with Crippen molar-refractivity contribution >= 4 is 22.4 Å². The molecule has 4 N–H and O–H groups in total. The second-order valence-electron chi connectivity index (χ2n) is 5.22. The van der Waals surface area contributed by atoms with E-state index in [4.69, 9.17) is 5.73 Å². The molecule has 1 aromatic carbocycles. The van der Waals surface area contributed by atoms with Crippen molar-refractivity contribution < 1.29 is 0 Å². The molecule has 3 aromatic rings. The predicted octanol–water partition coefficient (Wildman–Crippen LogP) is 2.40. The fraction of sp³-hybridized carbons (Fsp3) is 0.235. The van der Waals surface area contributed by atoms with Crippen molar-refractivity contribution in [3.8, 4) is 0 Å². The molecular weight excluding hydrogens is 288 g/mol. The Morgan fingerprint density at radius 2 is 1.78 bits per heavy atom. The Morgan fingerprint density at radius 3 is 2.65 bits per heavy atom. The first-order valence-electron chi connectivity index (χ1n) is 7.68. The zero-order valence-corrected chi connectivity index (χ0v) is 12.9. The minimum absolute atomic E-state index is 0.680. The van der Waals surface area contributed by atoms with Crippen LogP contribution >= 0.6 is 0 Å². The maximum atomic E-state index is 5.53. The highest BCUT2D eigenvalue weighted by Crippen LogP contribution is 2.21. The predicted molar refractivity (Wildman–Crippen MR) is 93.3 cm³/mol. The van der Waals surface area contributed by atoms with Gasteiger partial charge in [-0.2, -0.15) is 0 Å². The van der Waals surface area contributed by atoms with Crippen molar-refractivity contribution in [3.05, 3.63) is 54.6 Å². The molecule has 0 spiro atoms. The lowest BCUT2D eigenvalue weighted by Gasteiger charge is -2.13. The van der Waals surface area contributed by atoms with Crippen LogP contribution in [0.5, 0.6) is 0 Å². The second-order valence-corrected chi connectivity index (χ2v) is 5.22. The summed E-state index contributed by atoms with van der Waals surface area (Å²) in [7, 11) is 0. The van der Waals surface area contributed by atoms with Gasteiger partial charge in [-0.3, -0.25) is 15.0 Å². The molecule has 0 amide bonds. The molecule has 6 nitrogen and oxygen atoms in total. The summed E-state index contributed by atoms with van der Waals surface area (Å²) >= 11 is 0. The molecule has 23 heavy (non-hydrogen) atoms. The monoisotopic (exact) mass is 308 g/mol. The van der Waals surface area contributed by atoms with E-state index in [9.17, 15) is 0 Å². The minimum Gasteiger partial charge on any atom is -0.383 e. The molecule has 0 radical (unpaired) electrons. The highest BCUT2D eigenvalue weighted by molar-refractivity contribution is 5.74. The topological polar surface area (TPSA) is 88.8 Å². The van der Waals surface area contributed by atoms with E-state index in [1.54, 1.807) is 18.6 Å². The molecule has 0 atom stereocenters. The van der Waals surface area contributed by atoms with Gasteiger partial charge in [-0.1, -0.05) is 6.07 Å². The van der Waals surface area contributed by atoms with E-state index in [1.165, 1.54) is 0 Å². The van der Waals surface area contributed by atoms with Crippen LogP contribution in [0.3, 0.4) is 0 Å². The molecular formula is C17H20N6. The van der Waals surface area contributed by atoms with Gasteiger partial charge in [0.15, 0.2) is 0 Å². The van der Waals surface area contributed by atoms with Crippen LogP contribution in [0.25, 0.3) is 11.0 Å². The smallest absolute Gasteiger partial charge is 0.0890 e. The maximum Gasteiger partial charge on any atom is 0.0890 e. The average molecular weight is 308 g/mol. The van der Waals surface area contributed by atoms with E-state index >= 15 is 0 Å². The first kappa shape index (κ1) is 15.2. The van der Waals surface area contributed by atoms with Crippen LogP contribution in [-0.2, 0) is 6.54 Å². The lowest BCUT2D eigenvalue weighted by Crippen LogP contribution is -2.10. The van der Waals surface area contributed by atoms with Gasteiger partial charge in [0, 0.05) is 31.7 Å². The Bertz CT molecular complexity index is 774. The van der Waals surface area contributed by atoms with E-state index in [-0.39, 0.29) is 0 Å². The molecule has 0 aliphatic rings. The van der Waals surface area contributed by atoms with E-state index in [0.717, 1.165) is 40.9 Å². The third kappa shape index (κ3) is 3.92. The molecule has 3 rings (SSSR count). The quantitative estimate of drug-likeness (QED) is 0.581. The zero-order valence-electron chi connectivity index (χ0n) is 12.9. The maximum absolute atomic E-state index is 5.53. The van der Waals surface area contributed by atoms with Crippen molar-refractivity contribution in [3.63, 3.8) is 0 Å². The third-order valence-electron chi connectivity index (χ3n) is 3.53. The van der Waals surface area contributed by atoms with Crippen LogP contribution in [0, 0.1) is 0 Å². The molecule has 0 saturated heterocycles. The molecule has 0 saturated carbocycles. The minimum atomic E-state index is 0.680. The van der Waals surface area contributed by atoms with E-state index in [2.05, 4.69) is 31.7 Å². The van der Waals surface area contributed by atoms with Crippen LogP contribution < -0.4 is 16.4 Å². The second kappa shape index (κ2) is 7.51. The van der Waals surface area contributed by atoms with Gasteiger partial charge < -0.3 is 16.4 Å². The summed E-state index contributed by atoms with van der Waals surface area (Å²) in [5, 5.41) is 6.79. The van der Waals surface area contributed by atoms with E-state index < -0.39 is 0 Å². The van der Waals surface area contributed by atoms with Crippen LogP contribution in [0.4, 0.5) is 11.4 Å². The first-order chi connectivity index (χ1) is 11.4. The van der Waals surface area contributed by atoms with Gasteiger partial charge in [0.2, 0.25) is 0 Å². The summed E-state index contributed by atoms with van der Waals surface area (Å²) in [5.74, 6) is 0. The Balaban J connectivity index is 1.69. The molecule has 0 fully saturated rings. The number of aromatic nitrogens is 3. The number of benzene rings is 1. The van der Waals surface area contributed by atoms with Crippen molar-refractivity contribution in [2.45, 2.75) is 13.0 Å². The summed E-state index contributed by atoms with van der Waals surface area (Å²) in [4.78, 5) is 12.8. The zero-order chi connectivity index (χ0) is 15.9. The Morgan fingerprint density at radius 1 is 0.913 bits per heavy atom. The SMILES string of the molecule is NCCCNc1ccncc1NCc1ccc2nccnc2c1. The van der Waals surface area contributed by atoms with Crippen LogP contribution in [0.2, 0.25) is 0 Å². The highest BCUT2D eigenvalue weighted by Gasteiger charge is 2.03. The molecule has 2 aromatic heterocycles. The normalized spacial score (nSPS) is 10.7. The standard InChI is InChI=1S/C17H20N6/c18-5-1-6-20-15-4-7-19-12-17(15)23-11-13-2-3-14-16(10-13)22-9-8-21-14/h2-4,7-10,12,23H,1,5-6,11,18H2,(H,19,20). The molecule has 2 heterocycles. The summed E-state index contributed by atoms with van der Waals surface area (Å²) in [6.45, 7) is 2.23. The largest absolute Gasteiger partial charge is 0.383 e. The van der Waals surface area contributed by atoms with Crippen molar-refractivity contribution in [2.75, 3.05) is 23.7 Å². The molecule has 0 aliphatic heterocycles. The Hall–Kier alpha value is -2.73. The fourth-order valence-electron chi connectivity index (χ4n) is 2.33. The molecule has 118 valence electrons. The number of nitrogens with two attached hydrogens (primary N) is 1. The number of nitrogens with one attached hydrogen (secondary N) is 2. The van der Waals surface area contributed by atoms with Gasteiger partial charge in [-0.15, -0.1) is 0 Å². The number of nitrogens with zero attached hydrogens (tertiary/aromatic N) is 3. The lowest BCUT2D eigenvalue weighted by molar-refractivity contribution is 0.874. The number of fused-ring (bicyclic) bond motifs is 1. The van der Waals surface area contributed by atoms with E-state index in [0.29, 0.717) is 13.1 Å². The Kier molecular flexibility index (Phi) is 4.95. The van der Waals surface area contributed by atoms with Gasteiger partial charge in [-0.05, 0) is 36.7 Å². The third-order valence-corrected chi connectivity index (χ3v) is 3.53. The van der Waals surface area contributed by atoms with Gasteiger partial charge in [0.25, 0.3) is 0 Å². The van der Waals surface area contributed by atoms with Gasteiger partial charge in [0.05, 0.1) is 28.6 Å². The number of anilines is 2. The summed E-state index contributed by atoms with van der Waals surface area (Å²) in [6.07, 6.45) is 7.95. The van der Waals surface area contributed by atoms with Crippen molar-refractivity contribution in [1.29, 1.82) is 0 Å². The summed E-state index contributed by atoms with van der Waals surface area (Å²) < 4.78 is 0. The number of rotatable bonds is 7. The number of hydrogen-bond donors (Lipinski definition) is 3. The summed E-state index contributed by atoms with van der Waals surface area (Å²) in [5.41, 5.74) is 10.5. The average Bonchev–Trinajstić information content (AvgIpc) is 2.61. The molecule has 6 heteroatoms. The molecule has 0 unspecified atom stereocenters. The molecule has 0 aliphatic carbocycles. The number of hydrogen-bond acceptors (Lipinski definition) is 6. The van der Waals surface area contributed by atoms with Crippen molar-refractivity contribution in [2.24, 2.45) is 5.73 Å². The van der Waals surface area contributed by atoms with Crippen LogP contribution in [0.15, 0.2) is 49.1 Å². The van der Waals surface area contributed by atoms with Crippen molar-refractivity contribution in [1.82, 2.24) is 15.0 Å². The Labute approximate surface area is 135 Å². The van der Waals surface area contributed by atoms with Crippen LogP contribution in [-0.4, -0.2) is 28.0 Å². The van der Waals surface area contributed by atoms with Gasteiger partial charge in [-0.25, -0.2) is 0 Å². The number of pyridine rings is 1. The highest BCUT2D eigenvalue weighted by atomic mass is 15.0.